The molecule has 8 heteroatoms. The molecule has 136 valence electrons. The van der Waals surface area contributed by atoms with Gasteiger partial charge in [-0.25, -0.2) is 4.98 Å². The number of carbonyl (C=O) groups excluding carboxylic acids is 1. The predicted octanol–water partition coefficient (Wildman–Crippen LogP) is 3.41. The largest absolute Gasteiger partial charge is 0.423 e. The summed E-state index contributed by atoms with van der Waals surface area (Å²) in [5.41, 5.74) is 2.45. The van der Waals surface area contributed by atoms with Gasteiger partial charge in [-0.3, -0.25) is 4.79 Å². The van der Waals surface area contributed by atoms with Crippen LogP contribution in [0.5, 0.6) is 0 Å². The van der Waals surface area contributed by atoms with Crippen LogP contribution < -0.4 is 5.32 Å². The zero-order valence-corrected chi connectivity index (χ0v) is 15.2. The Hall–Kier alpha value is -2.77. The average Bonchev–Trinajstić information content (AvgIpc) is 3.21. The van der Waals surface area contributed by atoms with Gasteiger partial charge in [0.05, 0.1) is 16.6 Å². The number of hydrogen-bond donors (Lipinski definition) is 1. The van der Waals surface area contributed by atoms with E-state index in [1.807, 2.05) is 26.8 Å². The molecule has 1 amide bonds. The van der Waals surface area contributed by atoms with E-state index in [1.165, 1.54) is 0 Å². The molecule has 3 heterocycles. The molecule has 4 rings (SSSR count). The fraction of sp³-hybridized carbons (Fsp3) is 0.500. The van der Waals surface area contributed by atoms with Crippen molar-refractivity contribution in [2.24, 2.45) is 0 Å². The minimum Gasteiger partial charge on any atom is -0.423 e. The van der Waals surface area contributed by atoms with Crippen LogP contribution in [0, 0.1) is 6.92 Å². The molecular formula is C18H21N5O3. The van der Waals surface area contributed by atoms with Crippen LogP contribution >= 0.6 is 0 Å². The van der Waals surface area contributed by atoms with Crippen molar-refractivity contribution in [2.45, 2.75) is 58.4 Å². The summed E-state index contributed by atoms with van der Waals surface area (Å²) >= 11 is 0. The number of hydrogen-bond acceptors (Lipinski definition) is 7. The number of aryl methyl sites for hydroxylation is 1. The summed E-state index contributed by atoms with van der Waals surface area (Å²) in [4.78, 5) is 17.4. The highest BCUT2D eigenvalue weighted by atomic mass is 16.5. The molecule has 0 radical (unpaired) electrons. The fourth-order valence-corrected chi connectivity index (χ4v) is 2.87. The molecule has 26 heavy (non-hydrogen) atoms. The Morgan fingerprint density at radius 1 is 1.23 bits per heavy atom. The van der Waals surface area contributed by atoms with Gasteiger partial charge in [-0.05, 0) is 32.8 Å². The van der Waals surface area contributed by atoms with Gasteiger partial charge in [0.15, 0.2) is 0 Å². The van der Waals surface area contributed by atoms with Gasteiger partial charge in [0.2, 0.25) is 11.8 Å². The van der Waals surface area contributed by atoms with E-state index in [9.17, 15) is 4.79 Å². The van der Waals surface area contributed by atoms with E-state index in [0.717, 1.165) is 18.5 Å². The summed E-state index contributed by atoms with van der Waals surface area (Å²) < 4.78 is 10.9. The van der Waals surface area contributed by atoms with Crippen LogP contribution in [0.1, 0.15) is 85.0 Å². The molecule has 0 aliphatic heterocycles. The number of carbonyl (C=O) groups is 1. The first-order chi connectivity index (χ1) is 12.4. The predicted molar refractivity (Wildman–Crippen MR) is 92.8 cm³/mol. The highest BCUT2D eigenvalue weighted by molar-refractivity contribution is 6.06. The van der Waals surface area contributed by atoms with E-state index in [-0.39, 0.29) is 11.8 Å². The molecule has 3 aromatic rings. The lowest BCUT2D eigenvalue weighted by Crippen LogP contribution is -2.27. The van der Waals surface area contributed by atoms with Crippen LogP contribution in [0.3, 0.4) is 0 Å². The molecule has 0 bridgehead atoms. The average molecular weight is 355 g/mol. The molecule has 1 aliphatic rings. The molecular weight excluding hydrogens is 334 g/mol. The zero-order chi connectivity index (χ0) is 18.4. The topological polar surface area (TPSA) is 107 Å². The Morgan fingerprint density at radius 2 is 1.96 bits per heavy atom. The van der Waals surface area contributed by atoms with Gasteiger partial charge in [-0.15, -0.1) is 10.2 Å². The van der Waals surface area contributed by atoms with Crippen LogP contribution in [0.15, 0.2) is 15.0 Å². The third-order valence-corrected chi connectivity index (χ3v) is 4.55. The molecule has 1 saturated carbocycles. The first-order valence-electron chi connectivity index (χ1n) is 8.85. The number of aromatic nitrogens is 4. The van der Waals surface area contributed by atoms with Gasteiger partial charge in [0.1, 0.15) is 6.04 Å². The van der Waals surface area contributed by atoms with Gasteiger partial charge in [0.25, 0.3) is 11.6 Å². The maximum Gasteiger partial charge on any atom is 0.259 e. The lowest BCUT2D eigenvalue weighted by molar-refractivity contribution is 0.0935. The fourth-order valence-electron chi connectivity index (χ4n) is 2.87. The molecule has 1 aliphatic carbocycles. The molecule has 3 aromatic heterocycles. The van der Waals surface area contributed by atoms with Crippen molar-refractivity contribution >= 4 is 17.0 Å². The van der Waals surface area contributed by atoms with E-state index in [1.54, 1.807) is 6.92 Å². The van der Waals surface area contributed by atoms with E-state index in [2.05, 4.69) is 25.7 Å². The summed E-state index contributed by atoms with van der Waals surface area (Å²) in [7, 11) is 0. The minimum atomic E-state index is -0.407. The maximum atomic E-state index is 12.9. The number of nitrogens with zero attached hydrogens (tertiary/aromatic N) is 4. The smallest absolute Gasteiger partial charge is 0.259 e. The van der Waals surface area contributed by atoms with Crippen molar-refractivity contribution in [3.63, 3.8) is 0 Å². The molecule has 0 unspecified atom stereocenters. The van der Waals surface area contributed by atoms with Crippen molar-refractivity contribution in [3.8, 4) is 0 Å². The number of nitrogens with one attached hydrogen (secondary N) is 1. The Labute approximate surface area is 150 Å². The molecule has 1 atom stereocenters. The third kappa shape index (κ3) is 2.95. The lowest BCUT2D eigenvalue weighted by Gasteiger charge is -2.11. The van der Waals surface area contributed by atoms with Crippen LogP contribution in [0.25, 0.3) is 11.1 Å². The third-order valence-electron chi connectivity index (χ3n) is 4.55. The Morgan fingerprint density at radius 3 is 2.62 bits per heavy atom. The van der Waals surface area contributed by atoms with Crippen LogP contribution in [0.2, 0.25) is 0 Å². The lowest BCUT2D eigenvalue weighted by atomic mass is 10.1. The van der Waals surface area contributed by atoms with Gasteiger partial charge in [0, 0.05) is 17.5 Å². The molecule has 0 saturated heterocycles. The van der Waals surface area contributed by atoms with Gasteiger partial charge >= 0.3 is 0 Å². The minimum absolute atomic E-state index is 0.139. The van der Waals surface area contributed by atoms with E-state index in [4.69, 9.17) is 8.94 Å². The zero-order valence-electron chi connectivity index (χ0n) is 15.2. The van der Waals surface area contributed by atoms with Crippen molar-refractivity contribution in [1.29, 1.82) is 0 Å². The van der Waals surface area contributed by atoms with E-state index >= 15 is 0 Å². The van der Waals surface area contributed by atoms with Gasteiger partial charge in [-0.1, -0.05) is 19.0 Å². The Kier molecular flexibility index (Phi) is 3.97. The standard InChI is InChI=1S/C18H21N5O3/c1-8(2)16-21-22-17(25-16)10(4)19-15(24)12-7-13(11-5-6-11)20-18-14(12)9(3)23-26-18/h7-8,10-11H,5-6H2,1-4H3,(H,19,24)/t10-/m0/s1. The number of fused-ring (bicyclic) bond motifs is 1. The van der Waals surface area contributed by atoms with Gasteiger partial charge < -0.3 is 14.3 Å². The summed E-state index contributed by atoms with van der Waals surface area (Å²) in [5, 5.41) is 15.6. The monoisotopic (exact) mass is 355 g/mol. The summed E-state index contributed by atoms with van der Waals surface area (Å²) in [6.07, 6.45) is 2.17. The molecule has 1 N–H and O–H groups in total. The SMILES string of the molecule is Cc1noc2nc(C3CC3)cc(C(=O)N[C@@H](C)c3nnc(C(C)C)o3)c12. The second kappa shape index (κ2) is 6.19. The first kappa shape index (κ1) is 16.7. The second-order valence-electron chi connectivity index (χ2n) is 7.15. The van der Waals surface area contributed by atoms with Crippen molar-refractivity contribution in [1.82, 2.24) is 25.7 Å². The highest BCUT2D eigenvalue weighted by Gasteiger charge is 2.29. The van der Waals surface area contributed by atoms with Gasteiger partial charge in [-0.2, -0.15) is 0 Å². The number of rotatable bonds is 5. The maximum absolute atomic E-state index is 12.9. The van der Waals surface area contributed by atoms with Crippen molar-refractivity contribution in [2.75, 3.05) is 0 Å². The molecule has 0 spiro atoms. The summed E-state index contributed by atoms with van der Waals surface area (Å²) in [6, 6.07) is 1.44. The van der Waals surface area contributed by atoms with Crippen LogP contribution in [-0.2, 0) is 0 Å². The van der Waals surface area contributed by atoms with Crippen molar-refractivity contribution < 1.29 is 13.7 Å². The van der Waals surface area contributed by atoms with Crippen LogP contribution in [-0.4, -0.2) is 26.2 Å². The first-order valence-corrected chi connectivity index (χ1v) is 8.85. The van der Waals surface area contributed by atoms with E-state index < -0.39 is 6.04 Å². The van der Waals surface area contributed by atoms with Crippen LogP contribution in [0.4, 0.5) is 0 Å². The summed E-state index contributed by atoms with van der Waals surface area (Å²) in [6.45, 7) is 7.57. The quantitative estimate of drug-likeness (QED) is 0.747. The molecule has 8 nitrogen and oxygen atoms in total. The second-order valence-corrected chi connectivity index (χ2v) is 7.15. The normalized spacial score (nSPS) is 15.6. The highest BCUT2D eigenvalue weighted by Crippen LogP contribution is 2.40. The van der Waals surface area contributed by atoms with E-state index in [0.29, 0.717) is 40.1 Å². The van der Waals surface area contributed by atoms with Crippen molar-refractivity contribution in [3.05, 3.63) is 34.8 Å². The molecule has 0 aromatic carbocycles. The Balaban J connectivity index is 1.63. The number of pyridine rings is 1. The number of amides is 1. The Bertz CT molecular complexity index is 971. The molecule has 1 fully saturated rings. The summed E-state index contributed by atoms with van der Waals surface area (Å²) in [5.74, 6) is 1.25.